The maximum atomic E-state index is 5.84. The Morgan fingerprint density at radius 2 is 1.92 bits per heavy atom. The van der Waals surface area contributed by atoms with Crippen LogP contribution in [0, 0.1) is 0 Å². The van der Waals surface area contributed by atoms with Crippen LogP contribution in [0.2, 0.25) is 0 Å². The maximum absolute atomic E-state index is 5.84. The third-order valence-electron chi connectivity index (χ3n) is 4.08. The van der Waals surface area contributed by atoms with E-state index in [4.69, 9.17) is 4.74 Å². The molecule has 0 aliphatic carbocycles. The summed E-state index contributed by atoms with van der Waals surface area (Å²) in [6.07, 6.45) is 7.87. The zero-order valence-corrected chi connectivity index (χ0v) is 15.9. The highest BCUT2D eigenvalue weighted by atomic mass is 79.9. The fraction of sp³-hybridized carbons (Fsp3) is 0.278. The van der Waals surface area contributed by atoms with Crippen LogP contribution >= 0.6 is 27.7 Å². The fourth-order valence-electron chi connectivity index (χ4n) is 2.88. The van der Waals surface area contributed by atoms with Crippen LogP contribution in [0.3, 0.4) is 0 Å². The predicted octanol–water partition coefficient (Wildman–Crippen LogP) is 4.43. The molecule has 1 saturated heterocycles. The summed E-state index contributed by atoms with van der Waals surface area (Å²) in [6, 6.07) is 10.3. The van der Waals surface area contributed by atoms with Crippen LogP contribution in [0.4, 0.5) is 0 Å². The van der Waals surface area contributed by atoms with E-state index in [-0.39, 0.29) is 6.10 Å². The first-order chi connectivity index (χ1) is 12.3. The van der Waals surface area contributed by atoms with Crippen molar-refractivity contribution in [2.24, 2.45) is 0 Å². The SMILES string of the molecule is Brc1cnc(Sc2ncc(-c3ccccc3)n2CC2CCCO2)nc1. The van der Waals surface area contributed by atoms with Gasteiger partial charge in [-0.25, -0.2) is 15.0 Å². The maximum Gasteiger partial charge on any atom is 0.195 e. The first-order valence-corrected chi connectivity index (χ1v) is 9.78. The van der Waals surface area contributed by atoms with Crippen LogP contribution in [-0.2, 0) is 11.3 Å². The summed E-state index contributed by atoms with van der Waals surface area (Å²) in [7, 11) is 0. The van der Waals surface area contributed by atoms with Crippen LogP contribution in [0.15, 0.2) is 63.7 Å². The van der Waals surface area contributed by atoms with Gasteiger partial charge in [0.2, 0.25) is 0 Å². The molecule has 4 rings (SSSR count). The van der Waals surface area contributed by atoms with E-state index in [1.807, 2.05) is 24.4 Å². The van der Waals surface area contributed by atoms with Gasteiger partial charge in [0.25, 0.3) is 0 Å². The number of hydrogen-bond acceptors (Lipinski definition) is 5. The van der Waals surface area contributed by atoms with Gasteiger partial charge in [-0.15, -0.1) is 0 Å². The standard InChI is InChI=1S/C18H17BrN4OS/c19-14-9-20-17(21-10-14)25-18-22-11-16(13-5-2-1-3-6-13)23(18)12-15-7-4-8-24-15/h1-3,5-6,9-11,15H,4,7-8,12H2. The van der Waals surface area contributed by atoms with Gasteiger partial charge in [-0.05, 0) is 46.1 Å². The zero-order valence-electron chi connectivity index (χ0n) is 13.5. The summed E-state index contributed by atoms with van der Waals surface area (Å²) in [5.74, 6) is 0. The molecule has 5 nitrogen and oxygen atoms in total. The Bertz CT molecular complexity index is 832. The number of imidazole rings is 1. The van der Waals surface area contributed by atoms with Gasteiger partial charge in [-0.2, -0.15) is 0 Å². The van der Waals surface area contributed by atoms with Crippen LogP contribution in [-0.4, -0.2) is 32.2 Å². The number of benzene rings is 1. The summed E-state index contributed by atoms with van der Waals surface area (Å²) in [4.78, 5) is 13.3. The number of aromatic nitrogens is 4. The van der Waals surface area contributed by atoms with E-state index in [0.29, 0.717) is 5.16 Å². The van der Waals surface area contributed by atoms with Gasteiger partial charge >= 0.3 is 0 Å². The van der Waals surface area contributed by atoms with Crippen LogP contribution in [0.5, 0.6) is 0 Å². The number of nitrogens with zero attached hydrogens (tertiary/aromatic N) is 4. The Labute approximate surface area is 159 Å². The van der Waals surface area contributed by atoms with Crippen molar-refractivity contribution in [1.82, 2.24) is 19.5 Å². The molecule has 3 heterocycles. The van der Waals surface area contributed by atoms with Crippen molar-refractivity contribution in [2.45, 2.75) is 35.8 Å². The first kappa shape index (κ1) is 16.8. The normalized spacial score (nSPS) is 17.1. The number of hydrogen-bond donors (Lipinski definition) is 0. The van der Waals surface area contributed by atoms with Crippen LogP contribution in [0.1, 0.15) is 12.8 Å². The monoisotopic (exact) mass is 416 g/mol. The molecule has 1 fully saturated rings. The van der Waals surface area contributed by atoms with Crippen molar-refractivity contribution in [3.63, 3.8) is 0 Å². The molecule has 1 atom stereocenters. The predicted molar refractivity (Wildman–Crippen MR) is 100 cm³/mol. The summed E-state index contributed by atoms with van der Waals surface area (Å²) >= 11 is 4.84. The minimum Gasteiger partial charge on any atom is -0.376 e. The molecular formula is C18H17BrN4OS. The second kappa shape index (κ2) is 7.68. The Balaban J connectivity index is 1.67. The smallest absolute Gasteiger partial charge is 0.195 e. The largest absolute Gasteiger partial charge is 0.376 e. The van der Waals surface area contributed by atoms with Crippen molar-refractivity contribution < 1.29 is 4.74 Å². The lowest BCUT2D eigenvalue weighted by Gasteiger charge is -2.15. The van der Waals surface area contributed by atoms with E-state index in [1.54, 1.807) is 12.4 Å². The Morgan fingerprint density at radius 1 is 1.12 bits per heavy atom. The molecule has 0 saturated carbocycles. The highest BCUT2D eigenvalue weighted by Gasteiger charge is 2.21. The Kier molecular flexibility index (Phi) is 5.14. The van der Waals surface area contributed by atoms with Crippen molar-refractivity contribution in [2.75, 3.05) is 6.61 Å². The van der Waals surface area contributed by atoms with E-state index >= 15 is 0 Å². The zero-order chi connectivity index (χ0) is 17.1. The van der Waals surface area contributed by atoms with Crippen molar-refractivity contribution in [3.05, 3.63) is 53.4 Å². The summed E-state index contributed by atoms with van der Waals surface area (Å²) < 4.78 is 8.93. The summed E-state index contributed by atoms with van der Waals surface area (Å²) in [6.45, 7) is 1.64. The van der Waals surface area contributed by atoms with E-state index < -0.39 is 0 Å². The quantitative estimate of drug-likeness (QED) is 0.575. The third kappa shape index (κ3) is 3.94. The van der Waals surface area contributed by atoms with Gasteiger partial charge in [-0.3, -0.25) is 0 Å². The first-order valence-electron chi connectivity index (χ1n) is 8.17. The van der Waals surface area contributed by atoms with E-state index in [9.17, 15) is 0 Å². The molecule has 25 heavy (non-hydrogen) atoms. The highest BCUT2D eigenvalue weighted by Crippen LogP contribution is 2.30. The summed E-state index contributed by atoms with van der Waals surface area (Å²) in [5.41, 5.74) is 2.24. The molecule has 0 bridgehead atoms. The van der Waals surface area contributed by atoms with Gasteiger partial charge < -0.3 is 9.30 Å². The Morgan fingerprint density at radius 3 is 2.64 bits per heavy atom. The lowest BCUT2D eigenvalue weighted by molar-refractivity contribution is 0.0954. The fourth-order valence-corrected chi connectivity index (χ4v) is 3.85. The van der Waals surface area contributed by atoms with Gasteiger partial charge in [-0.1, -0.05) is 30.3 Å². The van der Waals surface area contributed by atoms with Crippen molar-refractivity contribution in [3.8, 4) is 11.3 Å². The van der Waals surface area contributed by atoms with Crippen molar-refractivity contribution >= 4 is 27.7 Å². The van der Waals surface area contributed by atoms with Gasteiger partial charge in [0.15, 0.2) is 10.3 Å². The van der Waals surface area contributed by atoms with Gasteiger partial charge in [0.05, 0.1) is 29.0 Å². The second-order valence-electron chi connectivity index (χ2n) is 5.82. The number of halogens is 1. The number of rotatable bonds is 5. The molecule has 1 aliphatic heterocycles. The minimum absolute atomic E-state index is 0.238. The molecule has 128 valence electrons. The molecule has 0 radical (unpaired) electrons. The van der Waals surface area contributed by atoms with Gasteiger partial charge in [0.1, 0.15) is 0 Å². The molecule has 0 amide bonds. The molecular weight excluding hydrogens is 400 g/mol. The number of ether oxygens (including phenoxy) is 1. The average molecular weight is 417 g/mol. The van der Waals surface area contributed by atoms with Crippen molar-refractivity contribution in [1.29, 1.82) is 0 Å². The molecule has 1 aliphatic rings. The lowest BCUT2D eigenvalue weighted by Crippen LogP contribution is -2.16. The molecule has 0 spiro atoms. The molecule has 0 N–H and O–H groups in total. The Hall–Kier alpha value is -1.70. The molecule has 2 aromatic heterocycles. The van der Waals surface area contributed by atoms with E-state index in [0.717, 1.165) is 46.9 Å². The highest BCUT2D eigenvalue weighted by molar-refractivity contribution is 9.10. The van der Waals surface area contributed by atoms with E-state index in [1.165, 1.54) is 11.8 Å². The molecule has 7 heteroatoms. The second-order valence-corrected chi connectivity index (χ2v) is 7.67. The minimum atomic E-state index is 0.238. The summed E-state index contributed by atoms with van der Waals surface area (Å²) in [5, 5.41) is 1.57. The third-order valence-corrected chi connectivity index (χ3v) is 5.39. The van der Waals surface area contributed by atoms with Crippen LogP contribution in [0.25, 0.3) is 11.3 Å². The molecule has 1 aromatic carbocycles. The average Bonchev–Trinajstić information content (AvgIpc) is 3.29. The lowest BCUT2D eigenvalue weighted by atomic mass is 10.1. The van der Waals surface area contributed by atoms with Crippen LogP contribution < -0.4 is 0 Å². The molecule has 3 aromatic rings. The molecule has 1 unspecified atom stereocenters. The van der Waals surface area contributed by atoms with Gasteiger partial charge in [0, 0.05) is 19.0 Å². The topological polar surface area (TPSA) is 52.8 Å². The van der Waals surface area contributed by atoms with E-state index in [2.05, 4.69) is 47.6 Å².